The molecule has 0 aromatic carbocycles. The molecular weight excluding hydrogens is 407 g/mol. The Kier molecular flexibility index (Phi) is 6.29. The van der Waals surface area contributed by atoms with Gasteiger partial charge in [-0.1, -0.05) is 16.9 Å². The van der Waals surface area contributed by atoms with Gasteiger partial charge in [-0.2, -0.15) is 4.39 Å². The summed E-state index contributed by atoms with van der Waals surface area (Å²) in [5, 5.41) is 10.6. The quantitative estimate of drug-likeness (QED) is 0.706. The van der Waals surface area contributed by atoms with Crippen LogP contribution in [0.3, 0.4) is 0 Å². The minimum atomic E-state index is -2.42. The van der Waals surface area contributed by atoms with Gasteiger partial charge in [-0.05, 0) is 22.9 Å². The van der Waals surface area contributed by atoms with Crippen LogP contribution in [0.2, 0.25) is 0 Å². The standard InChI is InChI=1S/C15H14F3N3O4S2/c16-7-5-21(15(24)20-13(7)23)14-11(18)10(17)12(22)8(25-14)6-26-27-9-3-1-2-4-19-9/h1-5,8,10-12,14,22H,6H2,(H,20,23,24)/t8-,10-,11-,12-,14-/m1/s1. The molecule has 2 aromatic heterocycles. The Balaban J connectivity index is 1.75. The first kappa shape index (κ1) is 20.0. The normalized spacial score (nSPS) is 28.2. The number of rotatable bonds is 5. The molecule has 3 rings (SSSR count). The highest BCUT2D eigenvalue weighted by Crippen LogP contribution is 2.36. The van der Waals surface area contributed by atoms with Crippen molar-refractivity contribution in [1.29, 1.82) is 0 Å². The molecule has 2 N–H and O–H groups in total. The third kappa shape index (κ3) is 4.39. The molecule has 7 nitrogen and oxygen atoms in total. The summed E-state index contributed by atoms with van der Waals surface area (Å²) in [6.07, 6.45) is -7.49. The van der Waals surface area contributed by atoms with E-state index in [4.69, 9.17) is 4.74 Å². The van der Waals surface area contributed by atoms with Crippen molar-refractivity contribution in [3.05, 3.63) is 57.2 Å². The van der Waals surface area contributed by atoms with E-state index in [9.17, 15) is 27.9 Å². The lowest BCUT2D eigenvalue weighted by atomic mass is 10.0. The van der Waals surface area contributed by atoms with Crippen molar-refractivity contribution in [1.82, 2.24) is 14.5 Å². The van der Waals surface area contributed by atoms with Crippen LogP contribution in [0.1, 0.15) is 6.23 Å². The largest absolute Gasteiger partial charge is 0.387 e. The van der Waals surface area contributed by atoms with E-state index in [-0.39, 0.29) is 5.75 Å². The number of aromatic amines is 1. The van der Waals surface area contributed by atoms with E-state index in [0.29, 0.717) is 15.8 Å². The van der Waals surface area contributed by atoms with Crippen LogP contribution in [-0.2, 0) is 4.74 Å². The van der Waals surface area contributed by atoms with E-state index < -0.39 is 47.8 Å². The maximum absolute atomic E-state index is 14.3. The molecule has 0 aliphatic carbocycles. The van der Waals surface area contributed by atoms with Crippen LogP contribution < -0.4 is 11.2 Å². The zero-order chi connectivity index (χ0) is 19.6. The number of hydrogen-bond acceptors (Lipinski definition) is 7. The Morgan fingerprint density at radius 2 is 2.07 bits per heavy atom. The number of alkyl halides is 2. The van der Waals surface area contributed by atoms with Gasteiger partial charge in [0, 0.05) is 11.9 Å². The predicted molar refractivity (Wildman–Crippen MR) is 93.5 cm³/mol. The van der Waals surface area contributed by atoms with Crippen molar-refractivity contribution in [2.45, 2.75) is 35.8 Å². The Bertz CT molecular complexity index is 898. The highest BCUT2D eigenvalue weighted by Gasteiger charge is 2.47. The van der Waals surface area contributed by atoms with Gasteiger partial charge in [0.2, 0.25) is 5.82 Å². The average Bonchev–Trinajstić information content (AvgIpc) is 2.66. The van der Waals surface area contributed by atoms with E-state index in [1.54, 1.807) is 29.4 Å². The van der Waals surface area contributed by atoms with Crippen LogP contribution >= 0.6 is 21.6 Å². The fourth-order valence-electron chi connectivity index (χ4n) is 2.45. The van der Waals surface area contributed by atoms with Gasteiger partial charge in [0.25, 0.3) is 5.56 Å². The van der Waals surface area contributed by atoms with E-state index in [2.05, 4.69) is 4.98 Å². The van der Waals surface area contributed by atoms with Crippen LogP contribution in [0.15, 0.2) is 45.2 Å². The molecule has 5 atom stereocenters. The summed E-state index contributed by atoms with van der Waals surface area (Å²) < 4.78 is 47.7. The van der Waals surface area contributed by atoms with E-state index in [0.717, 1.165) is 0 Å². The van der Waals surface area contributed by atoms with Gasteiger partial charge in [-0.3, -0.25) is 14.3 Å². The molecule has 1 aliphatic heterocycles. The van der Waals surface area contributed by atoms with Crippen molar-refractivity contribution in [2.24, 2.45) is 0 Å². The maximum atomic E-state index is 14.3. The minimum Gasteiger partial charge on any atom is -0.387 e. The molecule has 0 spiro atoms. The second-order valence-electron chi connectivity index (χ2n) is 5.62. The lowest BCUT2D eigenvalue weighted by Gasteiger charge is -2.38. The molecule has 27 heavy (non-hydrogen) atoms. The molecule has 1 saturated heterocycles. The SMILES string of the molecule is O=c1[nH]c(=O)n([C@@H]2O[C@H](CSSc3ccccn3)[C@@H](O)[C@H](F)[C@H]2F)cc1F. The lowest BCUT2D eigenvalue weighted by molar-refractivity contribution is -0.204. The molecule has 12 heteroatoms. The molecule has 0 saturated carbocycles. The monoisotopic (exact) mass is 421 g/mol. The number of aromatic nitrogens is 3. The fraction of sp³-hybridized carbons (Fsp3) is 0.400. The van der Waals surface area contributed by atoms with Crippen molar-refractivity contribution >= 4 is 21.6 Å². The van der Waals surface area contributed by atoms with Gasteiger partial charge in [-0.15, -0.1) is 0 Å². The molecule has 1 aliphatic rings. The van der Waals surface area contributed by atoms with Crippen LogP contribution in [0.5, 0.6) is 0 Å². The summed E-state index contributed by atoms with van der Waals surface area (Å²) in [6.45, 7) is 0. The number of nitrogens with one attached hydrogen (secondary N) is 1. The first-order chi connectivity index (χ1) is 12.9. The highest BCUT2D eigenvalue weighted by atomic mass is 33.1. The molecule has 0 unspecified atom stereocenters. The van der Waals surface area contributed by atoms with Gasteiger partial charge >= 0.3 is 5.69 Å². The molecule has 0 amide bonds. The van der Waals surface area contributed by atoms with Gasteiger partial charge in [0.15, 0.2) is 18.6 Å². The van der Waals surface area contributed by atoms with Gasteiger partial charge in [-0.25, -0.2) is 18.6 Å². The maximum Gasteiger partial charge on any atom is 0.330 e. The Hall–Kier alpha value is -1.76. The summed E-state index contributed by atoms with van der Waals surface area (Å²) in [5.74, 6) is -1.30. The number of pyridine rings is 1. The summed E-state index contributed by atoms with van der Waals surface area (Å²) in [5.41, 5.74) is -2.43. The summed E-state index contributed by atoms with van der Waals surface area (Å²) in [6, 6.07) is 5.26. The van der Waals surface area contributed by atoms with Gasteiger partial charge in [0.1, 0.15) is 11.1 Å². The van der Waals surface area contributed by atoms with Crippen LogP contribution in [0.4, 0.5) is 13.2 Å². The van der Waals surface area contributed by atoms with E-state index in [1.165, 1.54) is 21.6 Å². The molecule has 0 radical (unpaired) electrons. The third-order valence-corrected chi connectivity index (χ3v) is 6.08. The fourth-order valence-corrected chi connectivity index (χ4v) is 4.55. The lowest BCUT2D eigenvalue weighted by Crippen LogP contribution is -2.54. The molecular formula is C15H14F3N3O4S2. The first-order valence-electron chi connectivity index (χ1n) is 7.71. The van der Waals surface area contributed by atoms with Crippen molar-refractivity contribution in [3.63, 3.8) is 0 Å². The molecule has 3 heterocycles. The topological polar surface area (TPSA) is 97.2 Å². The molecule has 0 bridgehead atoms. The van der Waals surface area contributed by atoms with Crippen molar-refractivity contribution in [2.75, 3.05) is 5.75 Å². The molecule has 1 fully saturated rings. The predicted octanol–water partition coefficient (Wildman–Crippen LogP) is 1.45. The van der Waals surface area contributed by atoms with E-state index in [1.807, 2.05) is 0 Å². The summed E-state index contributed by atoms with van der Waals surface area (Å²) in [4.78, 5) is 28.7. The van der Waals surface area contributed by atoms with Crippen LogP contribution in [-0.4, -0.2) is 49.9 Å². The Morgan fingerprint density at radius 3 is 2.78 bits per heavy atom. The second-order valence-corrected chi connectivity index (χ2v) is 7.99. The minimum absolute atomic E-state index is 0.0482. The Morgan fingerprint density at radius 1 is 1.30 bits per heavy atom. The molecule has 2 aromatic rings. The number of halogens is 3. The number of hydrogen-bond donors (Lipinski definition) is 2. The average molecular weight is 421 g/mol. The number of aliphatic hydroxyl groups excluding tert-OH is 1. The van der Waals surface area contributed by atoms with Crippen LogP contribution in [0, 0.1) is 5.82 Å². The van der Waals surface area contributed by atoms with Crippen molar-refractivity contribution < 1.29 is 23.0 Å². The number of ether oxygens (including phenoxy) is 1. The zero-order valence-corrected chi connectivity index (χ0v) is 15.1. The first-order valence-corrected chi connectivity index (χ1v) is 10.0. The third-order valence-electron chi connectivity index (χ3n) is 3.81. The van der Waals surface area contributed by atoms with E-state index >= 15 is 0 Å². The number of aliphatic hydroxyl groups is 1. The number of nitrogens with zero attached hydrogens (tertiary/aromatic N) is 2. The summed E-state index contributed by atoms with van der Waals surface area (Å²) >= 11 is 0. The van der Waals surface area contributed by atoms with Crippen LogP contribution in [0.25, 0.3) is 0 Å². The Labute approximate surface area is 158 Å². The van der Waals surface area contributed by atoms with Crippen molar-refractivity contribution in [3.8, 4) is 0 Å². The highest BCUT2D eigenvalue weighted by molar-refractivity contribution is 8.76. The molecule has 146 valence electrons. The summed E-state index contributed by atoms with van der Waals surface area (Å²) in [7, 11) is 2.43. The number of H-pyrrole nitrogens is 1. The zero-order valence-electron chi connectivity index (χ0n) is 13.5. The van der Waals surface area contributed by atoms with Gasteiger partial charge < -0.3 is 9.84 Å². The van der Waals surface area contributed by atoms with Gasteiger partial charge in [0.05, 0.1) is 12.3 Å². The smallest absolute Gasteiger partial charge is 0.330 e. The second kappa shape index (κ2) is 8.50.